The van der Waals surface area contributed by atoms with Crippen LogP contribution in [0.5, 0.6) is 5.75 Å². The van der Waals surface area contributed by atoms with Crippen LogP contribution in [-0.2, 0) is 9.59 Å². The molecule has 0 aromatic heterocycles. The zero-order chi connectivity index (χ0) is 18.2. The summed E-state index contributed by atoms with van der Waals surface area (Å²) in [6.07, 6.45) is 1.75. The monoisotopic (exact) mass is 362 g/mol. The van der Waals surface area contributed by atoms with Gasteiger partial charge in [-0.1, -0.05) is 25.1 Å². The Morgan fingerprint density at radius 3 is 2.72 bits per heavy atom. The van der Waals surface area contributed by atoms with Gasteiger partial charge in [0.25, 0.3) is 0 Å². The Morgan fingerprint density at radius 1 is 1.36 bits per heavy atom. The summed E-state index contributed by atoms with van der Waals surface area (Å²) < 4.78 is 5.61. The molecule has 1 atom stereocenters. The van der Waals surface area contributed by atoms with E-state index in [4.69, 9.17) is 4.74 Å². The highest BCUT2D eigenvalue weighted by Gasteiger charge is 2.30. The summed E-state index contributed by atoms with van der Waals surface area (Å²) in [6.45, 7) is 4.61. The molecular weight excluding hydrogens is 342 g/mol. The topological polar surface area (TPSA) is 103 Å². The van der Waals surface area contributed by atoms with Crippen molar-refractivity contribution in [3.05, 3.63) is 29.8 Å². The first-order valence-electron chi connectivity index (χ1n) is 8.02. The van der Waals surface area contributed by atoms with Crippen LogP contribution < -0.4 is 15.2 Å². The molecule has 0 aliphatic carbocycles. The van der Waals surface area contributed by atoms with Gasteiger partial charge in [0.1, 0.15) is 5.75 Å². The predicted molar refractivity (Wildman–Crippen MR) is 95.6 cm³/mol. The molecule has 1 fully saturated rings. The number of unbranched alkanes of at least 4 members (excludes halogenated alkanes) is 1. The van der Waals surface area contributed by atoms with Crippen LogP contribution in [0.15, 0.2) is 34.5 Å². The van der Waals surface area contributed by atoms with Crippen LogP contribution in [0.4, 0.5) is 0 Å². The average molecular weight is 362 g/mol. The van der Waals surface area contributed by atoms with E-state index in [0.717, 1.165) is 35.9 Å². The third kappa shape index (κ3) is 5.90. The lowest BCUT2D eigenvalue weighted by Crippen LogP contribution is -2.31. The van der Waals surface area contributed by atoms with Crippen molar-refractivity contribution >= 4 is 34.5 Å². The van der Waals surface area contributed by atoms with E-state index in [1.165, 1.54) is 0 Å². The van der Waals surface area contributed by atoms with Gasteiger partial charge in [0, 0.05) is 12.4 Å². The van der Waals surface area contributed by atoms with E-state index >= 15 is 0 Å². The van der Waals surface area contributed by atoms with E-state index in [2.05, 4.69) is 22.4 Å². The first-order valence-corrected chi connectivity index (χ1v) is 8.90. The van der Waals surface area contributed by atoms with Gasteiger partial charge >= 0.3 is 0 Å². The van der Waals surface area contributed by atoms with Gasteiger partial charge in [0.05, 0.1) is 17.6 Å². The molecule has 0 spiro atoms. The smallest absolute Gasteiger partial charge is 0.239 e. The molecule has 25 heavy (non-hydrogen) atoms. The van der Waals surface area contributed by atoms with Gasteiger partial charge in [-0.25, -0.2) is 0 Å². The number of nitrogens with zero attached hydrogens (tertiary/aromatic N) is 2. The normalized spacial score (nSPS) is 19.1. The Balaban J connectivity index is 1.97. The fraction of sp³-hybridized carbons (Fsp3) is 0.412. The van der Waals surface area contributed by atoms with Crippen molar-refractivity contribution in [2.24, 2.45) is 10.2 Å². The second-order valence-electron chi connectivity index (χ2n) is 5.49. The number of carboxylic acid groups (broad SMARTS) is 1. The number of carbonyl (C=O) groups is 2. The van der Waals surface area contributed by atoms with Crippen molar-refractivity contribution in [1.29, 1.82) is 0 Å². The molecule has 1 aromatic rings. The van der Waals surface area contributed by atoms with E-state index in [0.29, 0.717) is 12.3 Å². The molecule has 1 N–H and O–H groups in total. The number of thioether (sulfide) groups is 1. The first kappa shape index (κ1) is 19.0. The molecule has 0 radical (unpaired) electrons. The lowest BCUT2D eigenvalue weighted by Gasteiger charge is -2.06. The Kier molecular flexibility index (Phi) is 7.00. The minimum atomic E-state index is -1.27. The lowest BCUT2D eigenvalue weighted by molar-refractivity contribution is -0.305. The molecule has 1 amide bonds. The number of amides is 1. The molecule has 1 aliphatic rings. The third-order valence-corrected chi connectivity index (χ3v) is 4.53. The van der Waals surface area contributed by atoms with Gasteiger partial charge in [-0.15, -0.1) is 5.10 Å². The molecule has 134 valence electrons. The first-order chi connectivity index (χ1) is 12.0. The molecule has 8 heteroatoms. The number of aliphatic carboxylic acids is 1. The van der Waals surface area contributed by atoms with Crippen molar-refractivity contribution in [3.8, 4) is 5.75 Å². The Bertz CT molecular complexity index is 686. The summed E-state index contributed by atoms with van der Waals surface area (Å²) >= 11 is 1.04. The quantitative estimate of drug-likeness (QED) is 0.427. The number of carboxylic acids is 1. The molecule has 1 heterocycles. The maximum atomic E-state index is 11.6. The highest BCUT2D eigenvalue weighted by molar-refractivity contribution is 8.15. The largest absolute Gasteiger partial charge is 0.550 e. The van der Waals surface area contributed by atoms with Gasteiger partial charge in [-0.2, -0.15) is 5.10 Å². The van der Waals surface area contributed by atoms with E-state index in [1.54, 1.807) is 6.92 Å². The molecule has 1 aliphatic heterocycles. The van der Waals surface area contributed by atoms with Crippen molar-refractivity contribution in [1.82, 2.24) is 5.32 Å². The van der Waals surface area contributed by atoms with E-state index in [-0.39, 0.29) is 11.6 Å². The third-order valence-electron chi connectivity index (χ3n) is 3.46. The number of rotatable bonds is 8. The number of nitrogens with one attached hydrogen (secondary N) is 1. The lowest BCUT2D eigenvalue weighted by atomic mass is 10.1. The Labute approximate surface area is 150 Å². The minimum absolute atomic E-state index is 0.287. The summed E-state index contributed by atoms with van der Waals surface area (Å²) in [5.41, 5.74) is 1.55. The van der Waals surface area contributed by atoms with Crippen LogP contribution >= 0.6 is 11.8 Å². The van der Waals surface area contributed by atoms with Crippen molar-refractivity contribution in [3.63, 3.8) is 0 Å². The zero-order valence-corrected chi connectivity index (χ0v) is 15.0. The van der Waals surface area contributed by atoms with E-state index < -0.39 is 17.1 Å². The fourth-order valence-electron chi connectivity index (χ4n) is 2.04. The second-order valence-corrected chi connectivity index (χ2v) is 6.68. The number of ether oxygens (including phenoxy) is 1. The highest BCUT2D eigenvalue weighted by Crippen LogP contribution is 2.22. The molecular formula is C17H20N3O4S-. The maximum absolute atomic E-state index is 11.6. The summed E-state index contributed by atoms with van der Waals surface area (Å²) in [5, 5.41) is 20.7. The fourth-order valence-corrected chi connectivity index (χ4v) is 2.95. The molecule has 1 saturated heterocycles. The minimum Gasteiger partial charge on any atom is -0.550 e. The highest BCUT2D eigenvalue weighted by atomic mass is 32.2. The van der Waals surface area contributed by atoms with Gasteiger partial charge in [0.2, 0.25) is 5.91 Å². The summed E-state index contributed by atoms with van der Waals surface area (Å²) in [4.78, 5) is 22.2. The number of carbonyl (C=O) groups excluding carboxylic acids is 2. The van der Waals surface area contributed by atoms with E-state index in [1.807, 2.05) is 24.3 Å². The van der Waals surface area contributed by atoms with Gasteiger partial charge in [-0.05, 0) is 43.2 Å². The molecule has 0 unspecified atom stereocenters. The predicted octanol–water partition coefficient (Wildman–Crippen LogP) is 1.32. The number of benzene rings is 1. The van der Waals surface area contributed by atoms with E-state index in [9.17, 15) is 14.7 Å². The molecule has 1 aromatic carbocycles. The van der Waals surface area contributed by atoms with Crippen LogP contribution in [0.2, 0.25) is 0 Å². The Morgan fingerprint density at radius 2 is 2.08 bits per heavy atom. The summed E-state index contributed by atoms with van der Waals surface area (Å²) in [5.74, 6) is -0.857. The second kappa shape index (κ2) is 9.22. The van der Waals surface area contributed by atoms with Crippen molar-refractivity contribution < 1.29 is 19.4 Å². The van der Waals surface area contributed by atoms with Crippen LogP contribution in [-0.4, -0.2) is 34.6 Å². The standard InChI is InChI=1S/C17H21N3O4S/c1-3-4-9-24-13-7-5-12(6-8-13)11(2)19-20-17-18-16(23)14(25-17)10-15(21)22/h5-8,14H,3-4,9-10H2,1-2H3,(H,21,22)(H,18,20,23)/p-1/b19-11+/t14-/m1/s1. The van der Waals surface area contributed by atoms with Crippen LogP contribution in [0.3, 0.4) is 0 Å². The maximum Gasteiger partial charge on any atom is 0.239 e. The number of amidine groups is 1. The summed E-state index contributed by atoms with van der Waals surface area (Å²) in [6, 6.07) is 7.53. The van der Waals surface area contributed by atoms with Gasteiger partial charge < -0.3 is 20.0 Å². The number of hydrogen-bond acceptors (Lipinski definition) is 7. The summed E-state index contributed by atoms with van der Waals surface area (Å²) in [7, 11) is 0. The molecule has 0 bridgehead atoms. The number of hydrogen-bond donors (Lipinski definition) is 1. The SMILES string of the molecule is CCCCOc1ccc(/C(C)=N/N=C2\NC(=O)[C@@H](CC(=O)[O-])S2)cc1. The zero-order valence-electron chi connectivity index (χ0n) is 14.2. The average Bonchev–Trinajstić information content (AvgIpc) is 2.92. The van der Waals surface area contributed by atoms with Gasteiger partial charge in [-0.3, -0.25) is 4.79 Å². The molecule has 0 saturated carbocycles. The Hall–Kier alpha value is -2.35. The van der Waals surface area contributed by atoms with Crippen molar-refractivity contribution in [2.45, 2.75) is 38.4 Å². The van der Waals surface area contributed by atoms with Gasteiger partial charge in [0.15, 0.2) is 5.17 Å². The van der Waals surface area contributed by atoms with Crippen molar-refractivity contribution in [2.75, 3.05) is 6.61 Å². The molecule has 2 rings (SSSR count). The van der Waals surface area contributed by atoms with Crippen LogP contribution in [0.25, 0.3) is 0 Å². The molecule has 7 nitrogen and oxygen atoms in total. The van der Waals surface area contributed by atoms with Crippen LogP contribution in [0, 0.1) is 0 Å². The van der Waals surface area contributed by atoms with Crippen LogP contribution in [0.1, 0.15) is 38.7 Å².